The first kappa shape index (κ1) is 22.3. The maximum absolute atomic E-state index is 13.1. The number of hydrogen-bond acceptors (Lipinski definition) is 5. The molecule has 3 aliphatic heterocycles. The Hall–Kier alpha value is -0.890. The van der Waals surface area contributed by atoms with Gasteiger partial charge in [-0.3, -0.25) is 4.90 Å². The summed E-state index contributed by atoms with van der Waals surface area (Å²) in [4.78, 5) is 20.1. The highest BCUT2D eigenvalue weighted by Crippen LogP contribution is 2.44. The van der Waals surface area contributed by atoms with Gasteiger partial charge >= 0.3 is 6.03 Å². The number of likely N-dealkylation sites (tertiary alicyclic amines) is 2. The molecule has 1 spiro atoms. The summed E-state index contributed by atoms with van der Waals surface area (Å²) in [6.45, 7) is 12.8. The summed E-state index contributed by atoms with van der Waals surface area (Å²) >= 11 is 0. The Morgan fingerprint density at radius 3 is 2.63 bits per heavy atom. The van der Waals surface area contributed by atoms with E-state index in [-0.39, 0.29) is 17.9 Å². The number of piperidine rings is 1. The average molecular weight is 423 g/mol. The van der Waals surface area contributed by atoms with E-state index in [9.17, 15) is 4.79 Å². The van der Waals surface area contributed by atoms with Crippen molar-refractivity contribution in [1.82, 2.24) is 20.0 Å². The van der Waals surface area contributed by atoms with Crippen LogP contribution in [-0.4, -0.2) is 97.6 Å². The average Bonchev–Trinajstić information content (AvgIpc) is 3.41. The number of fused-ring (bicyclic) bond motifs is 1. The SMILES string of the molecule is CCCN1C[C@@H](NC(=O)N(CC)CCN2CCCC2)CC2CC3(CC[C@H]21)OCCO3. The minimum absolute atomic E-state index is 0.107. The van der Waals surface area contributed by atoms with Crippen molar-refractivity contribution in [3.8, 4) is 0 Å². The Kier molecular flexibility index (Phi) is 7.55. The lowest BCUT2D eigenvalue weighted by Gasteiger charge is -2.51. The van der Waals surface area contributed by atoms with Crippen LogP contribution in [0.15, 0.2) is 0 Å². The van der Waals surface area contributed by atoms with E-state index < -0.39 is 0 Å². The lowest BCUT2D eigenvalue weighted by molar-refractivity contribution is -0.201. The Labute approximate surface area is 182 Å². The first-order valence-corrected chi connectivity index (χ1v) is 12.4. The molecule has 7 nitrogen and oxygen atoms in total. The third-order valence-electron chi connectivity index (χ3n) is 7.66. The van der Waals surface area contributed by atoms with Gasteiger partial charge in [-0.05, 0) is 64.6 Å². The molecule has 0 radical (unpaired) electrons. The first-order valence-electron chi connectivity index (χ1n) is 12.4. The Balaban J connectivity index is 1.34. The zero-order valence-electron chi connectivity index (χ0n) is 19.1. The van der Waals surface area contributed by atoms with Crippen LogP contribution < -0.4 is 5.32 Å². The molecular weight excluding hydrogens is 380 g/mol. The number of carbonyl (C=O) groups is 1. The second kappa shape index (κ2) is 10.2. The maximum Gasteiger partial charge on any atom is 0.317 e. The Bertz CT molecular complexity index is 563. The van der Waals surface area contributed by atoms with Crippen LogP contribution in [0.1, 0.15) is 58.8 Å². The predicted molar refractivity (Wildman–Crippen MR) is 117 cm³/mol. The summed E-state index contributed by atoms with van der Waals surface area (Å²) in [5.74, 6) is 0.179. The molecule has 0 aromatic heterocycles. The Morgan fingerprint density at radius 1 is 1.17 bits per heavy atom. The second-order valence-corrected chi connectivity index (χ2v) is 9.68. The molecule has 0 aromatic carbocycles. The fraction of sp³-hybridized carbons (Fsp3) is 0.957. The van der Waals surface area contributed by atoms with Gasteiger partial charge in [0.25, 0.3) is 0 Å². The summed E-state index contributed by atoms with van der Waals surface area (Å²) < 4.78 is 12.1. The summed E-state index contributed by atoms with van der Waals surface area (Å²) in [6, 6.07) is 0.923. The molecular formula is C23H42N4O3. The Morgan fingerprint density at radius 2 is 1.93 bits per heavy atom. The molecule has 4 rings (SSSR count). The minimum Gasteiger partial charge on any atom is -0.348 e. The molecule has 4 aliphatic rings. The smallest absolute Gasteiger partial charge is 0.317 e. The van der Waals surface area contributed by atoms with Crippen LogP contribution in [0.2, 0.25) is 0 Å². The zero-order chi connectivity index (χ0) is 21.0. The molecule has 172 valence electrons. The first-order chi connectivity index (χ1) is 14.6. The van der Waals surface area contributed by atoms with Gasteiger partial charge < -0.3 is 24.6 Å². The van der Waals surface area contributed by atoms with Gasteiger partial charge in [-0.1, -0.05) is 6.92 Å². The molecule has 4 fully saturated rings. The number of urea groups is 1. The molecule has 1 N–H and O–H groups in total. The number of nitrogens with one attached hydrogen (secondary N) is 1. The van der Waals surface area contributed by atoms with Gasteiger partial charge in [-0.25, -0.2) is 4.79 Å². The van der Waals surface area contributed by atoms with Gasteiger partial charge in [0.15, 0.2) is 5.79 Å². The van der Waals surface area contributed by atoms with Crippen LogP contribution in [0.4, 0.5) is 4.79 Å². The highest BCUT2D eigenvalue weighted by atomic mass is 16.7. The summed E-state index contributed by atoms with van der Waals surface area (Å²) in [6.07, 6.45) is 7.90. The normalized spacial score (nSPS) is 31.7. The second-order valence-electron chi connectivity index (χ2n) is 9.68. The van der Waals surface area contributed by atoms with Crippen LogP contribution in [0, 0.1) is 5.92 Å². The van der Waals surface area contributed by atoms with Gasteiger partial charge in [0.05, 0.1) is 13.2 Å². The number of likely N-dealkylation sites (N-methyl/N-ethyl adjacent to an activating group) is 1. The van der Waals surface area contributed by atoms with Crippen LogP contribution in [-0.2, 0) is 9.47 Å². The van der Waals surface area contributed by atoms with E-state index in [2.05, 4.69) is 29.0 Å². The molecule has 3 atom stereocenters. The number of hydrogen-bond donors (Lipinski definition) is 1. The number of rotatable bonds is 7. The van der Waals surface area contributed by atoms with Gasteiger partial charge in [-0.2, -0.15) is 0 Å². The predicted octanol–water partition coefficient (Wildman–Crippen LogP) is 2.51. The van der Waals surface area contributed by atoms with Crippen molar-refractivity contribution in [3.63, 3.8) is 0 Å². The number of amides is 2. The molecule has 3 heterocycles. The van der Waals surface area contributed by atoms with Crippen molar-refractivity contribution in [3.05, 3.63) is 0 Å². The minimum atomic E-state index is -0.351. The highest BCUT2D eigenvalue weighted by Gasteiger charge is 2.49. The fourth-order valence-electron chi connectivity index (χ4n) is 6.17. The fourth-order valence-corrected chi connectivity index (χ4v) is 6.17. The van der Waals surface area contributed by atoms with Crippen molar-refractivity contribution in [2.45, 2.75) is 76.7 Å². The molecule has 1 saturated carbocycles. The number of carbonyl (C=O) groups excluding carboxylic acids is 1. The molecule has 1 unspecified atom stereocenters. The van der Waals surface area contributed by atoms with Crippen LogP contribution in [0.5, 0.6) is 0 Å². The molecule has 30 heavy (non-hydrogen) atoms. The van der Waals surface area contributed by atoms with E-state index in [0.717, 1.165) is 78.0 Å². The third kappa shape index (κ3) is 5.12. The molecule has 7 heteroatoms. The van der Waals surface area contributed by atoms with Crippen molar-refractivity contribution < 1.29 is 14.3 Å². The van der Waals surface area contributed by atoms with Gasteiger partial charge in [0.2, 0.25) is 0 Å². The van der Waals surface area contributed by atoms with E-state index in [0.29, 0.717) is 12.0 Å². The van der Waals surface area contributed by atoms with Gasteiger partial charge in [-0.15, -0.1) is 0 Å². The quantitative estimate of drug-likeness (QED) is 0.683. The third-order valence-corrected chi connectivity index (χ3v) is 7.66. The summed E-state index contributed by atoms with van der Waals surface area (Å²) in [7, 11) is 0. The van der Waals surface area contributed by atoms with Crippen molar-refractivity contribution in [2.24, 2.45) is 5.92 Å². The van der Waals surface area contributed by atoms with E-state index in [4.69, 9.17) is 9.47 Å². The lowest BCUT2D eigenvalue weighted by Crippen LogP contribution is -2.60. The van der Waals surface area contributed by atoms with Crippen LogP contribution in [0.25, 0.3) is 0 Å². The molecule has 1 aliphatic carbocycles. The molecule has 2 amide bonds. The van der Waals surface area contributed by atoms with E-state index in [1.54, 1.807) is 0 Å². The van der Waals surface area contributed by atoms with Crippen LogP contribution in [0.3, 0.4) is 0 Å². The van der Waals surface area contributed by atoms with Gasteiger partial charge in [0.1, 0.15) is 0 Å². The summed E-state index contributed by atoms with van der Waals surface area (Å²) in [5, 5.41) is 3.39. The number of ether oxygens (including phenoxy) is 2. The van der Waals surface area contributed by atoms with Crippen LogP contribution >= 0.6 is 0 Å². The van der Waals surface area contributed by atoms with E-state index in [1.807, 2.05) is 4.90 Å². The van der Waals surface area contributed by atoms with Gasteiger partial charge in [0, 0.05) is 51.1 Å². The maximum atomic E-state index is 13.1. The summed E-state index contributed by atoms with van der Waals surface area (Å²) in [5.41, 5.74) is 0. The van der Waals surface area contributed by atoms with E-state index >= 15 is 0 Å². The zero-order valence-corrected chi connectivity index (χ0v) is 19.1. The molecule has 0 aromatic rings. The lowest BCUT2D eigenvalue weighted by atomic mass is 9.74. The monoisotopic (exact) mass is 422 g/mol. The molecule has 0 bridgehead atoms. The largest absolute Gasteiger partial charge is 0.348 e. The van der Waals surface area contributed by atoms with E-state index in [1.165, 1.54) is 25.9 Å². The standard InChI is InChI=1S/C23H42N4O3/c1-3-9-27-18-20(16-19-17-23(8-7-21(19)27)29-14-15-30-23)24-22(28)26(4-2)13-12-25-10-5-6-11-25/h19-21H,3-18H2,1-2H3,(H,24,28)/t19?,20-,21+/m0/s1. The number of nitrogens with zero attached hydrogens (tertiary/aromatic N) is 3. The molecule has 3 saturated heterocycles. The van der Waals surface area contributed by atoms with Crippen molar-refractivity contribution >= 4 is 6.03 Å². The van der Waals surface area contributed by atoms with Crippen molar-refractivity contribution in [1.29, 1.82) is 0 Å². The highest BCUT2D eigenvalue weighted by molar-refractivity contribution is 5.74. The topological polar surface area (TPSA) is 57.3 Å². The van der Waals surface area contributed by atoms with Crippen molar-refractivity contribution in [2.75, 3.05) is 59.0 Å².